The molecule has 0 bridgehead atoms. The highest BCUT2D eigenvalue weighted by Crippen LogP contribution is 2.49. The molecule has 0 aromatic heterocycles. The minimum atomic E-state index is -0.876. The maximum atomic E-state index is 12.5. The van der Waals surface area contributed by atoms with Gasteiger partial charge in [-0.2, -0.15) is 0 Å². The molecule has 0 amide bonds. The normalized spacial score (nSPS) is 17.4. The molecule has 3 aliphatic carbocycles. The largest absolute Gasteiger partial charge is 0.507 e. The molecule has 0 spiro atoms. The zero-order valence-corrected chi connectivity index (χ0v) is 31.3. The van der Waals surface area contributed by atoms with Crippen molar-refractivity contribution in [1.82, 2.24) is 0 Å². The Morgan fingerprint density at radius 3 is 1.09 bits per heavy atom. The number of benzene rings is 4. The molecule has 0 heterocycles. The molecule has 4 aromatic rings. The molecule has 0 aliphatic heterocycles. The second-order valence-corrected chi connectivity index (χ2v) is 16.6. The second kappa shape index (κ2) is 14.6. The van der Waals surface area contributed by atoms with Crippen LogP contribution in [0.2, 0.25) is 0 Å². The predicted octanol–water partition coefficient (Wildman–Crippen LogP) is 10.9. The van der Waals surface area contributed by atoms with E-state index >= 15 is 0 Å². The van der Waals surface area contributed by atoms with Crippen molar-refractivity contribution < 1.29 is 29.7 Å². The van der Waals surface area contributed by atoms with Crippen molar-refractivity contribution in [2.45, 2.75) is 126 Å². The van der Waals surface area contributed by atoms with Crippen LogP contribution < -0.4 is 0 Å². The summed E-state index contributed by atoms with van der Waals surface area (Å²) in [7, 11) is 0. The van der Waals surface area contributed by atoms with E-state index in [1.165, 1.54) is 0 Å². The summed E-state index contributed by atoms with van der Waals surface area (Å²) >= 11 is 0. The quantitative estimate of drug-likeness (QED) is 0.105. The minimum absolute atomic E-state index is 0.0431. The molecule has 276 valence electrons. The topological polar surface area (TPSA) is 112 Å². The molecule has 3 fully saturated rings. The zero-order chi connectivity index (χ0) is 37.5. The molecule has 0 radical (unpaired) electrons. The zero-order valence-electron chi connectivity index (χ0n) is 31.3. The molecule has 3 N–H and O–H groups in total. The van der Waals surface area contributed by atoms with E-state index in [2.05, 4.69) is 63.2 Å². The van der Waals surface area contributed by atoms with Gasteiger partial charge in [0.05, 0.1) is 16.7 Å². The number of carbonyl (C=O) groups is 3. The van der Waals surface area contributed by atoms with Gasteiger partial charge in [-0.15, -0.1) is 0 Å². The van der Waals surface area contributed by atoms with Gasteiger partial charge < -0.3 is 15.3 Å². The van der Waals surface area contributed by atoms with E-state index in [4.69, 9.17) is 0 Å². The number of phenolic OH excluding ortho intramolecular Hbond substituents is 3. The Hall–Kier alpha value is -4.71. The molecule has 0 saturated heterocycles. The number of hydrogen-bond donors (Lipinski definition) is 3. The molecule has 6 heteroatoms. The van der Waals surface area contributed by atoms with E-state index in [0.717, 1.165) is 140 Å². The third-order valence-corrected chi connectivity index (χ3v) is 13.3. The lowest BCUT2D eigenvalue weighted by Gasteiger charge is -2.35. The first-order chi connectivity index (χ1) is 25.5. The van der Waals surface area contributed by atoms with Crippen LogP contribution in [0, 0.1) is 0 Å². The van der Waals surface area contributed by atoms with Gasteiger partial charge in [0.1, 0.15) is 17.2 Å². The van der Waals surface area contributed by atoms with Crippen molar-refractivity contribution in [3.63, 3.8) is 0 Å². The summed E-state index contributed by atoms with van der Waals surface area (Å²) < 4.78 is 0. The molecule has 53 heavy (non-hydrogen) atoms. The van der Waals surface area contributed by atoms with Crippen molar-refractivity contribution in [3.05, 3.63) is 122 Å². The van der Waals surface area contributed by atoms with Gasteiger partial charge in [-0.1, -0.05) is 94.8 Å². The van der Waals surface area contributed by atoms with Gasteiger partial charge in [0.25, 0.3) is 0 Å². The van der Waals surface area contributed by atoms with Crippen molar-refractivity contribution in [1.29, 1.82) is 0 Å². The van der Waals surface area contributed by atoms with Gasteiger partial charge in [0, 0.05) is 10.8 Å². The first-order valence-electron chi connectivity index (χ1n) is 19.6. The summed E-state index contributed by atoms with van der Waals surface area (Å²) in [5, 5.41) is 33.7. The van der Waals surface area contributed by atoms with Gasteiger partial charge in [0.2, 0.25) is 0 Å². The van der Waals surface area contributed by atoms with Gasteiger partial charge in [0.15, 0.2) is 18.9 Å². The van der Waals surface area contributed by atoms with Crippen LogP contribution in [0.3, 0.4) is 0 Å². The highest BCUT2D eigenvalue weighted by molar-refractivity contribution is 5.83. The number of carbonyl (C=O) groups excluding carboxylic acids is 3. The fraction of sp³-hybridized carbons (Fsp3) is 0.426. The number of aldehydes is 3. The number of phenols is 3. The van der Waals surface area contributed by atoms with Crippen LogP contribution in [0.5, 0.6) is 17.2 Å². The van der Waals surface area contributed by atoms with Crippen LogP contribution in [-0.4, -0.2) is 34.2 Å². The molecule has 3 aliphatic rings. The monoisotopic (exact) mass is 712 g/mol. The molecule has 0 unspecified atom stereocenters. The Kier molecular flexibility index (Phi) is 10.1. The summed E-state index contributed by atoms with van der Waals surface area (Å²) in [6, 6.07) is 20.0. The molecular formula is C47H52O6. The Bertz CT molecular complexity index is 1940. The molecular weight excluding hydrogens is 661 g/mol. The average Bonchev–Trinajstić information content (AvgIpc) is 4.00. The van der Waals surface area contributed by atoms with Gasteiger partial charge >= 0.3 is 0 Å². The highest BCUT2D eigenvalue weighted by Gasteiger charge is 2.37. The Balaban J connectivity index is 1.39. The maximum absolute atomic E-state index is 12.5. The summed E-state index contributed by atoms with van der Waals surface area (Å²) in [6.45, 7) is 6.38. The lowest BCUT2D eigenvalue weighted by molar-refractivity contribution is 0.111. The summed E-state index contributed by atoms with van der Waals surface area (Å²) in [4.78, 5) is 37.2. The number of hydrogen-bond acceptors (Lipinski definition) is 6. The van der Waals surface area contributed by atoms with Crippen molar-refractivity contribution in [3.8, 4) is 17.2 Å². The summed E-state index contributed by atoms with van der Waals surface area (Å²) in [5.41, 5.74) is 6.43. The molecule has 0 atom stereocenters. The van der Waals surface area contributed by atoms with E-state index in [9.17, 15) is 29.7 Å². The Morgan fingerprint density at radius 2 is 0.755 bits per heavy atom. The van der Waals surface area contributed by atoms with Gasteiger partial charge in [-0.3, -0.25) is 14.4 Å². The smallest absolute Gasteiger partial charge is 0.153 e. The molecule has 7 rings (SSSR count). The first kappa shape index (κ1) is 36.6. The van der Waals surface area contributed by atoms with Crippen LogP contribution in [0.4, 0.5) is 0 Å². The standard InChI is InChI=1S/C47H52O6/c1-46(2,37-20-32(26-48)43(51)40(23-37)29-10-4-5-11-29)35-16-18-36(19-17-35)47(3,38-21-33(27-49)44(52)41(24-38)30-12-6-7-13-30)39-22-34(28-50)45(53)42(25-39)31-14-8-9-15-31/h16-31,51-53H,4-15H2,1-3H3. The summed E-state index contributed by atoms with van der Waals surface area (Å²) in [5.74, 6) is 0.716. The average molecular weight is 713 g/mol. The minimum Gasteiger partial charge on any atom is -0.507 e. The number of rotatable bonds is 11. The maximum Gasteiger partial charge on any atom is 0.153 e. The molecule has 3 saturated carbocycles. The fourth-order valence-electron chi connectivity index (χ4n) is 9.78. The Labute approximate surface area is 313 Å². The lowest BCUT2D eigenvalue weighted by atomic mass is 9.68. The third kappa shape index (κ3) is 6.49. The van der Waals surface area contributed by atoms with E-state index < -0.39 is 10.8 Å². The third-order valence-electron chi connectivity index (χ3n) is 13.3. The summed E-state index contributed by atoms with van der Waals surface area (Å²) in [6.07, 6.45) is 14.5. The van der Waals surface area contributed by atoms with Crippen molar-refractivity contribution in [2.75, 3.05) is 0 Å². The lowest BCUT2D eigenvalue weighted by Crippen LogP contribution is -2.27. The van der Waals surface area contributed by atoms with Crippen LogP contribution in [0.1, 0.15) is 191 Å². The van der Waals surface area contributed by atoms with Gasteiger partial charge in [-0.25, -0.2) is 0 Å². The first-order valence-corrected chi connectivity index (χ1v) is 19.6. The highest BCUT2D eigenvalue weighted by atomic mass is 16.3. The van der Waals surface area contributed by atoms with E-state index in [0.29, 0.717) is 5.56 Å². The van der Waals surface area contributed by atoms with Crippen LogP contribution in [0.15, 0.2) is 60.7 Å². The van der Waals surface area contributed by atoms with E-state index in [-0.39, 0.29) is 46.1 Å². The second-order valence-electron chi connectivity index (χ2n) is 16.6. The molecule has 4 aromatic carbocycles. The van der Waals surface area contributed by atoms with Crippen molar-refractivity contribution >= 4 is 18.9 Å². The van der Waals surface area contributed by atoms with Crippen LogP contribution in [0.25, 0.3) is 0 Å². The number of aromatic hydroxyl groups is 3. The van der Waals surface area contributed by atoms with Crippen molar-refractivity contribution in [2.24, 2.45) is 0 Å². The SMILES string of the molecule is CC(C)(c1ccc(C(C)(c2cc(C=O)c(O)c(C3CCCC3)c2)c2cc(C=O)c(O)c(C3CCCC3)c2)cc1)c1cc(C=O)c(O)c(C2CCCC2)c1. The fourth-order valence-corrected chi connectivity index (χ4v) is 9.78. The van der Waals surface area contributed by atoms with E-state index in [1.54, 1.807) is 12.1 Å². The van der Waals surface area contributed by atoms with Crippen LogP contribution >= 0.6 is 0 Å². The van der Waals surface area contributed by atoms with E-state index in [1.807, 2.05) is 6.07 Å². The van der Waals surface area contributed by atoms with Gasteiger partial charge in [-0.05, 0) is 126 Å². The molecule has 6 nitrogen and oxygen atoms in total. The predicted molar refractivity (Wildman–Crippen MR) is 208 cm³/mol. The van der Waals surface area contributed by atoms with Crippen LogP contribution in [-0.2, 0) is 10.8 Å². The Morgan fingerprint density at radius 1 is 0.453 bits per heavy atom.